The number of imide groups is 2. The molecule has 55 heavy (non-hydrogen) atoms. The van der Waals surface area contributed by atoms with E-state index in [1.165, 1.54) is 9.80 Å². The summed E-state index contributed by atoms with van der Waals surface area (Å²) in [6.45, 7) is 8.24. The van der Waals surface area contributed by atoms with Gasteiger partial charge in [-0.1, -0.05) is 76.2 Å². The van der Waals surface area contributed by atoms with E-state index in [0.29, 0.717) is 33.7 Å². The minimum Gasteiger partial charge on any atom is -0.358 e. The Balaban J connectivity index is 0.935. The molecule has 0 saturated carbocycles. The van der Waals surface area contributed by atoms with Crippen molar-refractivity contribution >= 4 is 52.9 Å². The van der Waals surface area contributed by atoms with Gasteiger partial charge >= 0.3 is 0 Å². The van der Waals surface area contributed by atoms with E-state index in [0.717, 1.165) is 33.6 Å². The van der Waals surface area contributed by atoms with Crippen molar-refractivity contribution in [2.75, 3.05) is 5.32 Å². The average Bonchev–Trinajstić information content (AvgIpc) is 3.77. The Bertz CT molecular complexity index is 2780. The molecular weight excluding hydrogens is 693 g/mol. The molecule has 0 radical (unpaired) electrons. The van der Waals surface area contributed by atoms with Crippen LogP contribution in [-0.2, 0) is 23.9 Å². The van der Waals surface area contributed by atoms with Crippen LogP contribution in [0.25, 0.3) is 12.2 Å². The highest BCUT2D eigenvalue weighted by Crippen LogP contribution is 2.44. The summed E-state index contributed by atoms with van der Waals surface area (Å²) in [4.78, 5) is 85.9. The third kappa shape index (κ3) is 5.05. The van der Waals surface area contributed by atoms with Gasteiger partial charge in [0.1, 0.15) is 0 Å². The Hall–Kier alpha value is -6.81. The fourth-order valence-electron chi connectivity index (χ4n) is 8.06. The zero-order valence-electron chi connectivity index (χ0n) is 30.5. The number of rotatable bonds is 6. The van der Waals surface area contributed by atoms with Gasteiger partial charge in [-0.3, -0.25) is 43.6 Å². The lowest BCUT2D eigenvalue weighted by Gasteiger charge is -2.22. The molecule has 0 spiro atoms. The zero-order valence-corrected chi connectivity index (χ0v) is 30.5. The SMILES string of the molecule is CC1(C)C(C=c2c(=O)c(=CC=C3Nc4ccc(CN5C(=O)c6ccccc6C5=O)cc4C3(C)C)c2=O)=Nc2ccc(CN3C(=O)c4ccccc4C3=O)cc21. The maximum atomic E-state index is 13.4. The fourth-order valence-corrected chi connectivity index (χ4v) is 8.06. The van der Waals surface area contributed by atoms with E-state index in [-0.39, 0.29) is 58.0 Å². The average molecular weight is 727 g/mol. The number of benzene rings is 4. The number of anilines is 1. The van der Waals surface area contributed by atoms with Gasteiger partial charge in [0, 0.05) is 22.2 Å². The molecule has 270 valence electrons. The van der Waals surface area contributed by atoms with Crippen LogP contribution in [0.1, 0.15) is 91.4 Å². The highest BCUT2D eigenvalue weighted by atomic mass is 16.2. The van der Waals surface area contributed by atoms with Crippen molar-refractivity contribution in [2.45, 2.75) is 51.6 Å². The van der Waals surface area contributed by atoms with E-state index in [9.17, 15) is 28.8 Å². The Morgan fingerprint density at radius 2 is 1.07 bits per heavy atom. The van der Waals surface area contributed by atoms with Crippen LogP contribution < -0.4 is 26.6 Å². The monoisotopic (exact) mass is 726 g/mol. The Morgan fingerprint density at radius 1 is 0.582 bits per heavy atom. The van der Waals surface area contributed by atoms with E-state index < -0.39 is 10.8 Å². The van der Waals surface area contributed by atoms with Gasteiger partial charge in [-0.15, -0.1) is 0 Å². The van der Waals surface area contributed by atoms with Gasteiger partial charge in [-0.2, -0.15) is 0 Å². The molecule has 0 fully saturated rings. The van der Waals surface area contributed by atoms with E-state index in [4.69, 9.17) is 4.99 Å². The number of aliphatic imine (C=N–C) groups is 1. The van der Waals surface area contributed by atoms with Crippen molar-refractivity contribution < 1.29 is 19.2 Å². The largest absolute Gasteiger partial charge is 0.358 e. The number of carbonyl (C=O) groups excluding carboxylic acids is 4. The fraction of sp³-hybridized carbons (Fsp3) is 0.178. The summed E-state index contributed by atoms with van der Waals surface area (Å²) in [6, 6.07) is 25.0. The number of nitrogens with zero attached hydrogens (tertiary/aromatic N) is 3. The molecule has 10 nitrogen and oxygen atoms in total. The quantitative estimate of drug-likeness (QED) is 0.249. The number of hydrogen-bond donors (Lipinski definition) is 1. The Morgan fingerprint density at radius 3 is 1.60 bits per heavy atom. The van der Waals surface area contributed by atoms with Crippen LogP contribution in [0.4, 0.5) is 11.4 Å². The molecule has 4 aliphatic heterocycles. The smallest absolute Gasteiger partial charge is 0.261 e. The normalized spacial score (nSPS) is 18.0. The van der Waals surface area contributed by atoms with Crippen LogP contribution in [0.5, 0.6) is 0 Å². The lowest BCUT2D eigenvalue weighted by Crippen LogP contribution is -2.64. The van der Waals surface area contributed by atoms with Crippen molar-refractivity contribution in [3.8, 4) is 0 Å². The number of amides is 4. The standard InChI is InChI=1S/C45H34N4O6/c1-44(2)32-19-24(22-48-40(52)26-9-5-6-10-27(26)41(48)53)13-16-34(32)46-36(44)18-15-30-38(50)31(39(30)51)21-37-45(3,4)33-20-25(14-17-35(33)47-37)23-49-42(54)28-11-7-8-12-29(28)43(49)55/h5-21,46H,22-23H2,1-4H3. The molecule has 4 heterocycles. The summed E-state index contributed by atoms with van der Waals surface area (Å²) < 4.78 is 0. The van der Waals surface area contributed by atoms with Crippen LogP contribution >= 0.6 is 0 Å². The predicted molar refractivity (Wildman–Crippen MR) is 209 cm³/mol. The first-order valence-corrected chi connectivity index (χ1v) is 18.0. The highest BCUT2D eigenvalue weighted by molar-refractivity contribution is 6.22. The van der Waals surface area contributed by atoms with E-state index in [2.05, 4.69) is 5.32 Å². The van der Waals surface area contributed by atoms with Crippen molar-refractivity contribution in [1.82, 2.24) is 9.80 Å². The third-order valence-electron chi connectivity index (χ3n) is 11.4. The molecule has 4 amide bonds. The topological polar surface area (TPSA) is 133 Å². The first kappa shape index (κ1) is 34.0. The number of allylic oxidation sites excluding steroid dienone is 2. The highest BCUT2D eigenvalue weighted by Gasteiger charge is 2.39. The summed E-state index contributed by atoms with van der Waals surface area (Å²) >= 11 is 0. The number of fused-ring (bicyclic) bond motifs is 4. The van der Waals surface area contributed by atoms with E-state index >= 15 is 0 Å². The van der Waals surface area contributed by atoms with Gasteiger partial charge in [0.25, 0.3) is 23.6 Å². The molecule has 5 aromatic rings. The minimum absolute atomic E-state index is 0.0651. The van der Waals surface area contributed by atoms with Gasteiger partial charge in [-0.05, 0) is 76.9 Å². The Labute approximate surface area is 315 Å². The van der Waals surface area contributed by atoms with Crippen molar-refractivity contribution in [3.63, 3.8) is 0 Å². The van der Waals surface area contributed by atoms with E-state index in [1.807, 2.05) is 64.1 Å². The molecule has 9 rings (SSSR count). The zero-order chi connectivity index (χ0) is 38.6. The maximum absolute atomic E-state index is 13.4. The minimum atomic E-state index is -0.649. The van der Waals surface area contributed by atoms with E-state index in [1.54, 1.807) is 66.8 Å². The first-order valence-electron chi connectivity index (χ1n) is 18.0. The summed E-state index contributed by atoms with van der Waals surface area (Å²) in [7, 11) is 0. The summed E-state index contributed by atoms with van der Waals surface area (Å²) in [5, 5.41) is 3.55. The van der Waals surface area contributed by atoms with Gasteiger partial charge in [-0.25, -0.2) is 0 Å². The molecule has 0 atom stereocenters. The summed E-state index contributed by atoms with van der Waals surface area (Å²) in [5.74, 6) is -1.28. The number of carbonyl (C=O) groups is 4. The molecule has 0 aliphatic carbocycles. The maximum Gasteiger partial charge on any atom is 0.261 e. The molecule has 1 N–H and O–H groups in total. The second kappa shape index (κ2) is 11.8. The van der Waals surface area contributed by atoms with Gasteiger partial charge in [0.15, 0.2) is 0 Å². The first-order chi connectivity index (χ1) is 26.3. The molecular formula is C45H34N4O6. The summed E-state index contributed by atoms with van der Waals surface area (Å²) in [5.41, 5.74) is 6.04. The molecule has 5 aromatic carbocycles. The lowest BCUT2D eigenvalue weighted by molar-refractivity contribution is 0.0627. The van der Waals surface area contributed by atoms with Crippen molar-refractivity contribution in [2.24, 2.45) is 4.99 Å². The molecule has 0 aromatic heterocycles. The third-order valence-corrected chi connectivity index (χ3v) is 11.4. The van der Waals surface area contributed by atoms with Gasteiger partial charge in [0.2, 0.25) is 10.9 Å². The predicted octanol–water partition coefficient (Wildman–Crippen LogP) is 4.79. The van der Waals surface area contributed by atoms with Crippen LogP contribution in [-0.4, -0.2) is 39.1 Å². The number of nitrogens with one attached hydrogen (secondary N) is 1. The molecule has 0 bridgehead atoms. The molecule has 10 heteroatoms. The van der Waals surface area contributed by atoms with Gasteiger partial charge in [0.05, 0.1) is 57.2 Å². The molecule has 0 saturated heterocycles. The lowest BCUT2D eigenvalue weighted by atomic mass is 9.80. The van der Waals surface area contributed by atoms with Crippen molar-refractivity contribution in [3.05, 3.63) is 172 Å². The van der Waals surface area contributed by atoms with Gasteiger partial charge < -0.3 is 5.32 Å². The van der Waals surface area contributed by atoms with Crippen LogP contribution in [0.2, 0.25) is 0 Å². The van der Waals surface area contributed by atoms with Crippen molar-refractivity contribution in [1.29, 1.82) is 0 Å². The van der Waals surface area contributed by atoms with Crippen LogP contribution in [0.15, 0.2) is 111 Å². The molecule has 0 unspecified atom stereocenters. The Kier molecular flexibility index (Phi) is 7.32. The van der Waals surface area contributed by atoms with Crippen LogP contribution in [0.3, 0.4) is 0 Å². The summed E-state index contributed by atoms with van der Waals surface area (Å²) in [6.07, 6.45) is 4.89. The second-order valence-electron chi connectivity index (χ2n) is 15.5. The molecule has 4 aliphatic rings. The second-order valence-corrected chi connectivity index (χ2v) is 15.5. The van der Waals surface area contributed by atoms with Crippen LogP contribution in [0, 0.1) is 0 Å². The number of hydrogen-bond acceptors (Lipinski definition) is 8.